The zero-order valence-electron chi connectivity index (χ0n) is 9.56. The van der Waals surface area contributed by atoms with E-state index in [-0.39, 0.29) is 0 Å². The molecule has 1 saturated heterocycles. The zero-order chi connectivity index (χ0) is 11.5. The summed E-state index contributed by atoms with van der Waals surface area (Å²) in [5, 5.41) is 0. The number of hydrogen-bond donors (Lipinski definition) is 1. The molecule has 4 heteroatoms. The first-order valence-electron chi connectivity index (χ1n) is 5.78. The molecule has 0 aliphatic carbocycles. The Morgan fingerprint density at radius 1 is 1.50 bits per heavy atom. The summed E-state index contributed by atoms with van der Waals surface area (Å²) >= 11 is 3.55. The maximum atomic E-state index is 5.94. The van der Waals surface area contributed by atoms with Gasteiger partial charge in [0.15, 0.2) is 0 Å². The van der Waals surface area contributed by atoms with E-state index in [0.29, 0.717) is 12.0 Å². The second-order valence-corrected chi connectivity index (χ2v) is 5.37. The molecule has 1 aromatic rings. The number of aromatic nitrogens is 1. The summed E-state index contributed by atoms with van der Waals surface area (Å²) in [6.45, 7) is 4.30. The fraction of sp³-hybridized carbons (Fsp3) is 0.583. The number of pyridine rings is 1. The molecule has 2 heterocycles. The molecule has 1 aliphatic rings. The van der Waals surface area contributed by atoms with Crippen molar-refractivity contribution in [3.05, 3.63) is 22.9 Å². The summed E-state index contributed by atoms with van der Waals surface area (Å²) in [6.07, 6.45) is 6.07. The number of nitrogens with zero attached hydrogens (tertiary/aromatic N) is 2. The van der Waals surface area contributed by atoms with Crippen LogP contribution in [-0.4, -0.2) is 24.1 Å². The number of rotatable bonds is 2. The maximum Gasteiger partial charge on any atom is 0.0592 e. The monoisotopic (exact) mass is 283 g/mol. The minimum atomic E-state index is 0.322. The molecular weight excluding hydrogens is 266 g/mol. The van der Waals surface area contributed by atoms with Gasteiger partial charge >= 0.3 is 0 Å². The quantitative estimate of drug-likeness (QED) is 0.906. The minimum Gasteiger partial charge on any atom is -0.371 e. The van der Waals surface area contributed by atoms with Gasteiger partial charge in [-0.25, -0.2) is 0 Å². The Balaban J connectivity index is 2.02. The van der Waals surface area contributed by atoms with E-state index in [2.05, 4.69) is 38.8 Å². The van der Waals surface area contributed by atoms with Crippen LogP contribution < -0.4 is 10.6 Å². The van der Waals surface area contributed by atoms with Crippen LogP contribution in [0.5, 0.6) is 0 Å². The summed E-state index contributed by atoms with van der Waals surface area (Å²) in [5.41, 5.74) is 7.19. The van der Waals surface area contributed by atoms with Crippen molar-refractivity contribution in [1.29, 1.82) is 0 Å². The van der Waals surface area contributed by atoms with Gasteiger partial charge in [0.25, 0.3) is 0 Å². The molecule has 16 heavy (non-hydrogen) atoms. The van der Waals surface area contributed by atoms with Gasteiger partial charge in [-0.1, -0.05) is 0 Å². The maximum absolute atomic E-state index is 5.94. The van der Waals surface area contributed by atoms with Crippen LogP contribution in [0.1, 0.15) is 19.8 Å². The summed E-state index contributed by atoms with van der Waals surface area (Å²) in [7, 11) is 0. The molecule has 0 aromatic carbocycles. The van der Waals surface area contributed by atoms with Crippen LogP contribution in [0.25, 0.3) is 0 Å². The van der Waals surface area contributed by atoms with Crippen molar-refractivity contribution in [2.45, 2.75) is 25.8 Å². The van der Waals surface area contributed by atoms with Crippen molar-refractivity contribution in [3.8, 4) is 0 Å². The molecule has 0 radical (unpaired) electrons. The zero-order valence-corrected chi connectivity index (χ0v) is 11.2. The first kappa shape index (κ1) is 11.9. The molecule has 0 amide bonds. The van der Waals surface area contributed by atoms with Crippen LogP contribution in [0.3, 0.4) is 0 Å². The van der Waals surface area contributed by atoms with Gasteiger partial charge in [-0.3, -0.25) is 4.98 Å². The molecule has 1 unspecified atom stereocenters. The molecule has 1 aliphatic heterocycles. The van der Waals surface area contributed by atoms with Crippen LogP contribution in [0.15, 0.2) is 22.9 Å². The normalized spacial score (nSPS) is 19.8. The second kappa shape index (κ2) is 5.15. The van der Waals surface area contributed by atoms with E-state index in [4.69, 9.17) is 5.73 Å². The molecule has 88 valence electrons. The van der Waals surface area contributed by atoms with Gasteiger partial charge in [-0.15, -0.1) is 0 Å². The first-order chi connectivity index (χ1) is 7.68. The highest BCUT2D eigenvalue weighted by Crippen LogP contribution is 2.29. The summed E-state index contributed by atoms with van der Waals surface area (Å²) in [4.78, 5) is 6.50. The third-order valence-corrected chi connectivity index (χ3v) is 3.99. The smallest absolute Gasteiger partial charge is 0.0592 e. The third kappa shape index (κ3) is 2.55. The standard InChI is InChI=1S/C12H18BrN3/c1-9(14)10-3-6-16(7-4-10)12-2-5-15-8-11(12)13/h2,5,8-10H,3-4,6-7,14H2,1H3. The van der Waals surface area contributed by atoms with Crippen molar-refractivity contribution in [2.75, 3.05) is 18.0 Å². The Bertz CT molecular complexity index is 346. The summed E-state index contributed by atoms with van der Waals surface area (Å²) in [5.74, 6) is 0.678. The van der Waals surface area contributed by atoms with Crippen molar-refractivity contribution >= 4 is 21.6 Å². The van der Waals surface area contributed by atoms with Gasteiger partial charge in [0.2, 0.25) is 0 Å². The lowest BCUT2D eigenvalue weighted by Gasteiger charge is -2.35. The highest BCUT2D eigenvalue weighted by Gasteiger charge is 2.22. The van der Waals surface area contributed by atoms with E-state index in [0.717, 1.165) is 17.6 Å². The molecule has 2 rings (SSSR count). The van der Waals surface area contributed by atoms with Gasteiger partial charge in [0.1, 0.15) is 0 Å². The van der Waals surface area contributed by atoms with Crippen LogP contribution in [0.2, 0.25) is 0 Å². The van der Waals surface area contributed by atoms with E-state index in [1.807, 2.05) is 12.4 Å². The Kier molecular flexibility index (Phi) is 3.82. The fourth-order valence-corrected chi connectivity index (χ4v) is 2.79. The summed E-state index contributed by atoms with van der Waals surface area (Å²) in [6, 6.07) is 2.39. The molecular formula is C12H18BrN3. The Hall–Kier alpha value is -0.610. The second-order valence-electron chi connectivity index (χ2n) is 4.51. The van der Waals surface area contributed by atoms with Crippen molar-refractivity contribution in [3.63, 3.8) is 0 Å². The van der Waals surface area contributed by atoms with Crippen molar-refractivity contribution in [2.24, 2.45) is 11.7 Å². The number of hydrogen-bond acceptors (Lipinski definition) is 3. The topological polar surface area (TPSA) is 42.1 Å². The van der Waals surface area contributed by atoms with Crippen LogP contribution in [0, 0.1) is 5.92 Å². The SMILES string of the molecule is CC(N)C1CCN(c2ccncc2Br)CC1. The fourth-order valence-electron chi connectivity index (χ4n) is 2.29. The molecule has 0 bridgehead atoms. The third-order valence-electron chi connectivity index (χ3n) is 3.37. The molecule has 0 saturated carbocycles. The lowest BCUT2D eigenvalue weighted by Crippen LogP contribution is -2.39. The summed E-state index contributed by atoms with van der Waals surface area (Å²) < 4.78 is 1.08. The Morgan fingerprint density at radius 2 is 2.19 bits per heavy atom. The number of nitrogens with two attached hydrogens (primary N) is 1. The van der Waals surface area contributed by atoms with E-state index < -0.39 is 0 Å². The largest absolute Gasteiger partial charge is 0.371 e. The molecule has 2 N–H and O–H groups in total. The minimum absolute atomic E-state index is 0.322. The van der Waals surface area contributed by atoms with Crippen molar-refractivity contribution in [1.82, 2.24) is 4.98 Å². The Labute approximate surface area is 105 Å². The highest BCUT2D eigenvalue weighted by atomic mass is 79.9. The first-order valence-corrected chi connectivity index (χ1v) is 6.58. The number of halogens is 1. The molecule has 0 spiro atoms. The van der Waals surface area contributed by atoms with Gasteiger partial charge < -0.3 is 10.6 Å². The van der Waals surface area contributed by atoms with Crippen molar-refractivity contribution < 1.29 is 0 Å². The lowest BCUT2D eigenvalue weighted by atomic mass is 9.91. The molecule has 1 aromatic heterocycles. The van der Waals surface area contributed by atoms with E-state index >= 15 is 0 Å². The van der Waals surface area contributed by atoms with Crippen LogP contribution >= 0.6 is 15.9 Å². The van der Waals surface area contributed by atoms with E-state index in [9.17, 15) is 0 Å². The van der Waals surface area contributed by atoms with Crippen LogP contribution in [0.4, 0.5) is 5.69 Å². The van der Waals surface area contributed by atoms with Gasteiger partial charge in [0.05, 0.1) is 10.2 Å². The predicted molar refractivity (Wildman–Crippen MR) is 70.5 cm³/mol. The van der Waals surface area contributed by atoms with Gasteiger partial charge in [-0.05, 0) is 47.7 Å². The Morgan fingerprint density at radius 3 is 2.75 bits per heavy atom. The number of anilines is 1. The average Bonchev–Trinajstić information content (AvgIpc) is 2.30. The highest BCUT2D eigenvalue weighted by molar-refractivity contribution is 9.10. The van der Waals surface area contributed by atoms with Crippen LogP contribution in [-0.2, 0) is 0 Å². The predicted octanol–water partition coefficient (Wildman–Crippen LogP) is 2.41. The van der Waals surface area contributed by atoms with Gasteiger partial charge in [-0.2, -0.15) is 0 Å². The van der Waals surface area contributed by atoms with E-state index in [1.54, 1.807) is 0 Å². The average molecular weight is 284 g/mol. The van der Waals surface area contributed by atoms with Gasteiger partial charge in [0, 0.05) is 31.5 Å². The molecule has 3 nitrogen and oxygen atoms in total. The lowest BCUT2D eigenvalue weighted by molar-refractivity contribution is 0.354. The molecule has 1 fully saturated rings. The number of piperidine rings is 1. The molecule has 1 atom stereocenters. The van der Waals surface area contributed by atoms with E-state index in [1.165, 1.54) is 18.5 Å².